The normalized spacial score (nSPS) is 17.0. The van der Waals surface area contributed by atoms with Gasteiger partial charge in [-0.05, 0) is 50.3 Å². The summed E-state index contributed by atoms with van der Waals surface area (Å²) in [7, 11) is 0. The highest BCUT2D eigenvalue weighted by atomic mass is 16.5. The van der Waals surface area contributed by atoms with Crippen molar-refractivity contribution in [3.8, 4) is 0 Å². The average molecular weight is 349 g/mol. The molecule has 1 atom stereocenters. The molecule has 0 saturated heterocycles. The Labute approximate surface area is 153 Å². The number of pyridine rings is 1. The molecule has 0 aliphatic carbocycles. The van der Waals surface area contributed by atoms with E-state index < -0.39 is 0 Å². The molecule has 1 amide bonds. The van der Waals surface area contributed by atoms with Crippen molar-refractivity contribution in [2.45, 2.75) is 52.5 Å². The van der Waals surface area contributed by atoms with Crippen molar-refractivity contribution < 1.29 is 9.32 Å². The summed E-state index contributed by atoms with van der Waals surface area (Å²) in [5, 5.41) is 4.76. The van der Waals surface area contributed by atoms with Gasteiger partial charge in [-0.2, -0.15) is 0 Å². The fourth-order valence-corrected chi connectivity index (χ4v) is 3.71. The molecule has 26 heavy (non-hydrogen) atoms. The van der Waals surface area contributed by atoms with Crippen LogP contribution in [0, 0.1) is 6.92 Å². The van der Waals surface area contributed by atoms with E-state index in [1.54, 1.807) is 0 Å². The van der Waals surface area contributed by atoms with Crippen molar-refractivity contribution in [1.29, 1.82) is 0 Å². The maximum absolute atomic E-state index is 13.6. The Morgan fingerprint density at radius 1 is 1.31 bits per heavy atom. The van der Waals surface area contributed by atoms with Gasteiger partial charge in [-0.1, -0.05) is 37.2 Å². The van der Waals surface area contributed by atoms with Crippen LogP contribution in [0.4, 0.5) is 5.69 Å². The molecular weight excluding hydrogens is 326 g/mol. The standard InChI is InChI=1S/C21H23N3O2/c1-12(2)17-11-16(19-14(4)23-26-20(19)22-17)21(25)24-13(3)9-10-15-7-5-6-8-18(15)24/h5-8,11-13H,9-10H2,1-4H3. The number of anilines is 1. The quantitative estimate of drug-likeness (QED) is 0.676. The smallest absolute Gasteiger partial charge is 0.259 e. The predicted octanol–water partition coefficient (Wildman–Crippen LogP) is 4.64. The third-order valence-corrected chi connectivity index (χ3v) is 5.20. The first-order chi connectivity index (χ1) is 12.5. The molecule has 134 valence electrons. The molecule has 1 unspecified atom stereocenters. The molecule has 0 N–H and O–H groups in total. The summed E-state index contributed by atoms with van der Waals surface area (Å²) in [6.07, 6.45) is 1.95. The molecule has 3 aromatic rings. The molecule has 0 saturated carbocycles. The Kier molecular flexibility index (Phi) is 4.02. The van der Waals surface area contributed by atoms with Crippen LogP contribution in [0.1, 0.15) is 60.4 Å². The molecule has 1 aliphatic heterocycles. The zero-order valence-electron chi connectivity index (χ0n) is 15.6. The van der Waals surface area contributed by atoms with Gasteiger partial charge in [0.15, 0.2) is 0 Å². The van der Waals surface area contributed by atoms with E-state index in [2.05, 4.69) is 37.0 Å². The number of hydrogen-bond acceptors (Lipinski definition) is 4. The maximum atomic E-state index is 13.6. The number of carbonyl (C=O) groups excluding carboxylic acids is 1. The second kappa shape index (κ2) is 6.24. The molecule has 0 spiro atoms. The minimum atomic E-state index is -0.00903. The molecule has 1 aromatic carbocycles. The number of aromatic nitrogens is 2. The molecule has 5 heteroatoms. The van der Waals surface area contributed by atoms with E-state index in [4.69, 9.17) is 4.52 Å². The Morgan fingerprint density at radius 2 is 2.08 bits per heavy atom. The van der Waals surface area contributed by atoms with Gasteiger partial charge in [0.1, 0.15) is 0 Å². The van der Waals surface area contributed by atoms with E-state index in [1.165, 1.54) is 5.56 Å². The number of hydrogen-bond donors (Lipinski definition) is 0. The number of nitrogens with zero attached hydrogens (tertiary/aromatic N) is 3. The van der Waals surface area contributed by atoms with Crippen LogP contribution < -0.4 is 4.90 Å². The van der Waals surface area contributed by atoms with Crippen LogP contribution >= 0.6 is 0 Å². The molecule has 0 bridgehead atoms. The summed E-state index contributed by atoms with van der Waals surface area (Å²) in [6, 6.07) is 10.2. The lowest BCUT2D eigenvalue weighted by Gasteiger charge is -2.35. The van der Waals surface area contributed by atoms with Gasteiger partial charge in [-0.3, -0.25) is 4.79 Å². The van der Waals surface area contributed by atoms with E-state index >= 15 is 0 Å². The van der Waals surface area contributed by atoms with Crippen LogP contribution in [0.5, 0.6) is 0 Å². The number of aryl methyl sites for hydroxylation is 2. The second-order valence-corrected chi connectivity index (χ2v) is 7.39. The van der Waals surface area contributed by atoms with Crippen LogP contribution in [-0.4, -0.2) is 22.1 Å². The van der Waals surface area contributed by atoms with Gasteiger partial charge in [0.25, 0.3) is 11.6 Å². The molecular formula is C21H23N3O2. The minimum Gasteiger partial charge on any atom is -0.336 e. The van der Waals surface area contributed by atoms with E-state index in [0.717, 1.165) is 29.6 Å². The van der Waals surface area contributed by atoms with Crippen molar-refractivity contribution >= 4 is 22.7 Å². The molecule has 0 fully saturated rings. The van der Waals surface area contributed by atoms with Crippen molar-refractivity contribution in [3.05, 3.63) is 52.8 Å². The average Bonchev–Trinajstić information content (AvgIpc) is 3.01. The van der Waals surface area contributed by atoms with Crippen molar-refractivity contribution in [2.75, 3.05) is 4.90 Å². The molecule has 0 radical (unpaired) electrons. The van der Waals surface area contributed by atoms with Crippen LogP contribution in [0.15, 0.2) is 34.9 Å². The first-order valence-electron chi connectivity index (χ1n) is 9.15. The summed E-state index contributed by atoms with van der Waals surface area (Å²) < 4.78 is 5.38. The largest absolute Gasteiger partial charge is 0.336 e. The summed E-state index contributed by atoms with van der Waals surface area (Å²) in [5.41, 5.74) is 4.83. The van der Waals surface area contributed by atoms with Gasteiger partial charge >= 0.3 is 0 Å². The van der Waals surface area contributed by atoms with Gasteiger partial charge in [0.05, 0.1) is 16.6 Å². The van der Waals surface area contributed by atoms with Crippen LogP contribution in [-0.2, 0) is 6.42 Å². The Morgan fingerprint density at radius 3 is 2.85 bits per heavy atom. The number of amides is 1. The Hall–Kier alpha value is -2.69. The van der Waals surface area contributed by atoms with E-state index in [-0.39, 0.29) is 17.9 Å². The highest BCUT2D eigenvalue weighted by molar-refractivity contribution is 6.14. The fourth-order valence-electron chi connectivity index (χ4n) is 3.71. The highest BCUT2D eigenvalue weighted by Crippen LogP contribution is 2.34. The lowest BCUT2D eigenvalue weighted by atomic mass is 9.95. The third-order valence-electron chi connectivity index (χ3n) is 5.20. The van der Waals surface area contributed by atoms with Crippen LogP contribution in [0.25, 0.3) is 11.1 Å². The lowest BCUT2D eigenvalue weighted by molar-refractivity contribution is 0.0976. The number of fused-ring (bicyclic) bond motifs is 2. The zero-order valence-corrected chi connectivity index (χ0v) is 15.6. The number of carbonyl (C=O) groups is 1. The molecule has 4 rings (SSSR count). The van der Waals surface area contributed by atoms with Crippen molar-refractivity contribution in [1.82, 2.24) is 10.1 Å². The Balaban J connectivity index is 1.90. The lowest BCUT2D eigenvalue weighted by Crippen LogP contribution is -2.42. The summed E-state index contributed by atoms with van der Waals surface area (Å²) in [6.45, 7) is 8.08. The monoisotopic (exact) mass is 349 g/mol. The van der Waals surface area contributed by atoms with Crippen LogP contribution in [0.2, 0.25) is 0 Å². The van der Waals surface area contributed by atoms with Crippen LogP contribution in [0.3, 0.4) is 0 Å². The van der Waals surface area contributed by atoms with Gasteiger partial charge in [0.2, 0.25) is 0 Å². The van der Waals surface area contributed by atoms with E-state index in [9.17, 15) is 4.79 Å². The van der Waals surface area contributed by atoms with Crippen molar-refractivity contribution in [3.63, 3.8) is 0 Å². The van der Waals surface area contributed by atoms with Crippen molar-refractivity contribution in [2.24, 2.45) is 0 Å². The topological polar surface area (TPSA) is 59.2 Å². The first kappa shape index (κ1) is 16.8. The SMILES string of the molecule is Cc1noc2nc(C(C)C)cc(C(=O)N3c4ccccc4CCC3C)c12. The Bertz CT molecular complexity index is 990. The zero-order chi connectivity index (χ0) is 18.4. The summed E-state index contributed by atoms with van der Waals surface area (Å²) in [5.74, 6) is 0.188. The van der Waals surface area contributed by atoms with Gasteiger partial charge in [-0.25, -0.2) is 4.98 Å². The molecule has 1 aliphatic rings. The fraction of sp³-hybridized carbons (Fsp3) is 0.381. The second-order valence-electron chi connectivity index (χ2n) is 7.39. The number of benzene rings is 1. The number of para-hydroxylation sites is 1. The minimum absolute atomic E-state index is 0.00903. The predicted molar refractivity (Wildman–Crippen MR) is 102 cm³/mol. The third kappa shape index (κ3) is 2.59. The van der Waals surface area contributed by atoms with E-state index in [0.29, 0.717) is 17.0 Å². The maximum Gasteiger partial charge on any atom is 0.259 e. The summed E-state index contributed by atoms with van der Waals surface area (Å²) in [4.78, 5) is 20.1. The highest BCUT2D eigenvalue weighted by Gasteiger charge is 2.31. The van der Waals surface area contributed by atoms with E-state index in [1.807, 2.05) is 36.1 Å². The van der Waals surface area contributed by atoms with Gasteiger partial charge in [-0.15, -0.1) is 0 Å². The molecule has 3 heterocycles. The summed E-state index contributed by atoms with van der Waals surface area (Å²) >= 11 is 0. The van der Waals surface area contributed by atoms with Gasteiger partial charge in [0, 0.05) is 17.4 Å². The van der Waals surface area contributed by atoms with Gasteiger partial charge < -0.3 is 9.42 Å². The first-order valence-corrected chi connectivity index (χ1v) is 9.15. The molecule has 5 nitrogen and oxygen atoms in total. The number of rotatable bonds is 2. The molecule has 2 aromatic heterocycles.